The lowest BCUT2D eigenvalue weighted by atomic mass is 10.00. The quantitative estimate of drug-likeness (QED) is 0.417. The number of hydrogen-bond acceptors (Lipinski definition) is 3. The Morgan fingerprint density at radius 2 is 1.96 bits per heavy atom. The van der Waals surface area contributed by atoms with Gasteiger partial charge in [0, 0.05) is 38.1 Å². The summed E-state index contributed by atoms with van der Waals surface area (Å²) in [4.78, 5) is 6.73. The second-order valence-electron chi connectivity index (χ2n) is 6.69. The smallest absolute Gasteiger partial charge is 0.0365 e. The molecule has 0 radical (unpaired) electrons. The summed E-state index contributed by atoms with van der Waals surface area (Å²) in [6.07, 6.45) is 19.3. The molecule has 0 spiro atoms. The summed E-state index contributed by atoms with van der Waals surface area (Å²) in [5, 5.41) is 0. The van der Waals surface area contributed by atoms with Crippen molar-refractivity contribution in [2.75, 3.05) is 26.2 Å². The van der Waals surface area contributed by atoms with Gasteiger partial charge in [-0.3, -0.25) is 4.99 Å². The predicted octanol–water partition coefficient (Wildman–Crippen LogP) is 5.36. The first-order chi connectivity index (χ1) is 13.1. The van der Waals surface area contributed by atoms with Crippen LogP contribution in [0.25, 0.3) is 0 Å². The summed E-state index contributed by atoms with van der Waals surface area (Å²) in [5.41, 5.74) is 12.3. The molecule has 2 N–H and O–H groups in total. The van der Waals surface area contributed by atoms with Crippen LogP contribution < -0.4 is 5.73 Å². The highest BCUT2D eigenvalue weighted by Crippen LogP contribution is 2.25. The molecular formula is C24H37N3. The molecule has 0 aliphatic heterocycles. The standard InChI is InChI=1S/C24H37N3/c1-6-10-20(5)15-21-13-14-24(27(8-3)9-4)17-22(16-21)11-12-23(18-25)19-26-7-2/h6,10,12-15,17,19H,7-9,11,16,18,25H2,1-5H3/b10-6-,20-15+,23-12+,26-19?. The van der Waals surface area contributed by atoms with Crippen molar-refractivity contribution in [1.82, 2.24) is 4.90 Å². The highest BCUT2D eigenvalue weighted by Gasteiger charge is 2.09. The normalized spacial score (nSPS) is 16.4. The van der Waals surface area contributed by atoms with E-state index in [4.69, 9.17) is 5.73 Å². The molecule has 1 aliphatic rings. The molecule has 0 heterocycles. The van der Waals surface area contributed by atoms with Gasteiger partial charge in [0.25, 0.3) is 0 Å². The van der Waals surface area contributed by atoms with Crippen LogP contribution in [0.5, 0.6) is 0 Å². The summed E-state index contributed by atoms with van der Waals surface area (Å²) < 4.78 is 0. The Labute approximate surface area is 166 Å². The van der Waals surface area contributed by atoms with E-state index in [0.717, 1.165) is 38.0 Å². The largest absolute Gasteiger partial charge is 0.372 e. The number of aliphatic imine (C=N–C) groups is 1. The SMILES string of the molecule is C/C=C\C(C)=C\C1=CC=C(N(CC)CC)C=C(C/C=C(/C=NCC)CN)C1. The van der Waals surface area contributed by atoms with Crippen molar-refractivity contribution in [3.8, 4) is 0 Å². The lowest BCUT2D eigenvalue weighted by molar-refractivity contribution is 0.394. The molecule has 0 fully saturated rings. The van der Waals surface area contributed by atoms with Crippen LogP contribution in [0.3, 0.4) is 0 Å². The number of likely N-dealkylation sites (N-methyl/N-ethyl adjacent to an activating group) is 1. The molecule has 0 saturated carbocycles. The number of allylic oxidation sites excluding steroid dienone is 10. The van der Waals surface area contributed by atoms with Crippen molar-refractivity contribution < 1.29 is 0 Å². The summed E-state index contributed by atoms with van der Waals surface area (Å²) in [6.45, 7) is 14.0. The van der Waals surface area contributed by atoms with Crippen LogP contribution in [-0.4, -0.2) is 37.3 Å². The van der Waals surface area contributed by atoms with Gasteiger partial charge in [0.2, 0.25) is 0 Å². The minimum absolute atomic E-state index is 0.526. The molecule has 0 amide bonds. The maximum absolute atomic E-state index is 5.88. The van der Waals surface area contributed by atoms with Gasteiger partial charge in [0.15, 0.2) is 0 Å². The predicted molar refractivity (Wildman–Crippen MR) is 121 cm³/mol. The summed E-state index contributed by atoms with van der Waals surface area (Å²) >= 11 is 0. The van der Waals surface area contributed by atoms with Gasteiger partial charge < -0.3 is 10.6 Å². The van der Waals surface area contributed by atoms with Crippen molar-refractivity contribution in [2.45, 2.75) is 47.5 Å². The highest BCUT2D eigenvalue weighted by atomic mass is 15.1. The second kappa shape index (κ2) is 13.1. The molecule has 3 heteroatoms. The Kier molecular flexibility index (Phi) is 11.1. The first-order valence-electron chi connectivity index (χ1n) is 10.1. The van der Waals surface area contributed by atoms with Crippen molar-refractivity contribution in [3.63, 3.8) is 0 Å². The first kappa shape index (κ1) is 22.9. The number of hydrogen-bond donors (Lipinski definition) is 1. The van der Waals surface area contributed by atoms with E-state index < -0.39 is 0 Å². The molecule has 0 aromatic carbocycles. The number of rotatable bonds is 10. The minimum Gasteiger partial charge on any atom is -0.372 e. The molecular weight excluding hydrogens is 330 g/mol. The van der Waals surface area contributed by atoms with Gasteiger partial charge in [-0.25, -0.2) is 0 Å². The third-order valence-electron chi connectivity index (χ3n) is 4.52. The van der Waals surface area contributed by atoms with E-state index in [1.54, 1.807) is 0 Å². The Balaban J connectivity index is 3.17. The Morgan fingerprint density at radius 1 is 1.22 bits per heavy atom. The van der Waals surface area contributed by atoms with Crippen LogP contribution in [0.2, 0.25) is 0 Å². The van der Waals surface area contributed by atoms with Gasteiger partial charge in [0.1, 0.15) is 0 Å². The summed E-state index contributed by atoms with van der Waals surface area (Å²) in [6, 6.07) is 0. The van der Waals surface area contributed by atoms with Gasteiger partial charge in [-0.1, -0.05) is 41.5 Å². The monoisotopic (exact) mass is 367 g/mol. The fourth-order valence-electron chi connectivity index (χ4n) is 3.10. The average Bonchev–Trinajstić information content (AvgIpc) is 2.85. The van der Waals surface area contributed by atoms with Crippen molar-refractivity contribution >= 4 is 6.21 Å². The van der Waals surface area contributed by atoms with Gasteiger partial charge in [-0.05, 0) is 70.8 Å². The van der Waals surface area contributed by atoms with E-state index in [9.17, 15) is 0 Å². The second-order valence-corrected chi connectivity index (χ2v) is 6.69. The minimum atomic E-state index is 0.526. The molecule has 0 saturated heterocycles. The number of nitrogens with zero attached hydrogens (tertiary/aromatic N) is 2. The molecule has 0 unspecified atom stereocenters. The van der Waals surface area contributed by atoms with Crippen LogP contribution >= 0.6 is 0 Å². The third kappa shape index (κ3) is 8.40. The maximum Gasteiger partial charge on any atom is 0.0365 e. The van der Waals surface area contributed by atoms with Crippen LogP contribution in [0.1, 0.15) is 47.5 Å². The zero-order valence-electron chi connectivity index (χ0n) is 17.8. The van der Waals surface area contributed by atoms with E-state index in [0.29, 0.717) is 6.54 Å². The Morgan fingerprint density at radius 3 is 2.56 bits per heavy atom. The average molecular weight is 368 g/mol. The fourth-order valence-corrected chi connectivity index (χ4v) is 3.10. The van der Waals surface area contributed by atoms with E-state index in [1.807, 2.05) is 13.1 Å². The lowest BCUT2D eigenvalue weighted by Gasteiger charge is -2.22. The summed E-state index contributed by atoms with van der Waals surface area (Å²) in [5.74, 6) is 0. The molecule has 0 aromatic rings. The zero-order valence-corrected chi connectivity index (χ0v) is 17.8. The van der Waals surface area contributed by atoms with E-state index in [1.165, 1.54) is 22.4 Å². The molecule has 0 atom stereocenters. The van der Waals surface area contributed by atoms with Gasteiger partial charge >= 0.3 is 0 Å². The molecule has 0 bridgehead atoms. The molecule has 1 aliphatic carbocycles. The van der Waals surface area contributed by atoms with E-state index >= 15 is 0 Å². The first-order valence-corrected chi connectivity index (χ1v) is 10.1. The zero-order chi connectivity index (χ0) is 20.1. The highest BCUT2D eigenvalue weighted by molar-refractivity contribution is 5.79. The van der Waals surface area contributed by atoms with Crippen LogP contribution in [0.4, 0.5) is 0 Å². The van der Waals surface area contributed by atoms with Gasteiger partial charge in [-0.15, -0.1) is 0 Å². The fraction of sp³-hybridized carbons (Fsp3) is 0.458. The van der Waals surface area contributed by atoms with Crippen molar-refractivity contribution in [3.05, 3.63) is 70.5 Å². The summed E-state index contributed by atoms with van der Waals surface area (Å²) in [7, 11) is 0. The van der Waals surface area contributed by atoms with Crippen LogP contribution in [0, 0.1) is 0 Å². The number of nitrogens with two attached hydrogens (primary N) is 1. The Hall–Kier alpha value is -2.13. The maximum atomic E-state index is 5.88. The molecule has 1 rings (SSSR count). The molecule has 0 aromatic heterocycles. The van der Waals surface area contributed by atoms with E-state index in [2.05, 4.69) is 80.1 Å². The van der Waals surface area contributed by atoms with Crippen LogP contribution in [0.15, 0.2) is 75.5 Å². The molecule has 148 valence electrons. The van der Waals surface area contributed by atoms with E-state index in [-0.39, 0.29) is 0 Å². The Bertz CT molecular complexity index is 666. The van der Waals surface area contributed by atoms with Crippen molar-refractivity contribution in [1.29, 1.82) is 0 Å². The van der Waals surface area contributed by atoms with Crippen LogP contribution in [-0.2, 0) is 0 Å². The van der Waals surface area contributed by atoms with Gasteiger partial charge in [-0.2, -0.15) is 0 Å². The third-order valence-corrected chi connectivity index (χ3v) is 4.52. The topological polar surface area (TPSA) is 41.6 Å². The molecule has 27 heavy (non-hydrogen) atoms. The van der Waals surface area contributed by atoms with Gasteiger partial charge in [0.05, 0.1) is 0 Å². The van der Waals surface area contributed by atoms with Crippen molar-refractivity contribution in [2.24, 2.45) is 10.7 Å². The molecule has 3 nitrogen and oxygen atoms in total. The lowest BCUT2D eigenvalue weighted by Crippen LogP contribution is -2.21.